The van der Waals surface area contributed by atoms with Crippen molar-refractivity contribution in [2.75, 3.05) is 51.1 Å². The molecule has 5 aromatic rings. The Hall–Kier alpha value is -4.67. The maximum atomic E-state index is 15.1. The number of nitrogens with one attached hydrogen (secondary N) is 2. The molecule has 0 amide bonds. The number of rotatable bonds is 14. The molecule has 3 heterocycles. The molecule has 356 valence electrons. The van der Waals surface area contributed by atoms with Gasteiger partial charge in [-0.25, -0.2) is 16.8 Å². The zero-order chi connectivity index (χ0) is 48.7. The zero-order valence-electron chi connectivity index (χ0n) is 39.9. The first-order chi connectivity index (χ1) is 30.6. The van der Waals surface area contributed by atoms with Gasteiger partial charge in [0.2, 0.25) is 20.0 Å². The summed E-state index contributed by atoms with van der Waals surface area (Å²) in [5, 5.41) is 44.2. The maximum Gasteiger partial charge on any atom is 0.339 e. The second kappa shape index (κ2) is 17.1. The van der Waals surface area contributed by atoms with E-state index in [0.717, 1.165) is 20.0 Å². The highest BCUT2D eigenvalue weighted by molar-refractivity contribution is 7.89. The van der Waals surface area contributed by atoms with Crippen LogP contribution in [-0.4, -0.2) is 116 Å². The molecule has 66 heavy (non-hydrogen) atoms. The van der Waals surface area contributed by atoms with Crippen molar-refractivity contribution < 1.29 is 31.7 Å². The molecule has 2 saturated heterocycles. The first-order valence-electron chi connectivity index (χ1n) is 21.9. The van der Waals surface area contributed by atoms with E-state index in [0.29, 0.717) is 31.4 Å². The zero-order valence-corrected chi connectivity index (χ0v) is 41.5. The lowest BCUT2D eigenvalue weighted by molar-refractivity contribution is -0.957. The van der Waals surface area contributed by atoms with Gasteiger partial charge in [0, 0.05) is 79.9 Å². The third-order valence-electron chi connectivity index (χ3n) is 14.8. The van der Waals surface area contributed by atoms with E-state index in [4.69, 9.17) is 4.98 Å². The van der Waals surface area contributed by atoms with E-state index >= 15 is 16.8 Å². The Morgan fingerprint density at radius 3 is 1.41 bits per heavy atom. The lowest BCUT2D eigenvalue weighted by atomic mass is 9.84. The normalized spacial score (nSPS) is 22.8. The predicted octanol–water partition coefficient (Wildman–Crippen LogP) is 4.04. The first-order valence-corrected chi connectivity index (χ1v) is 24.8. The summed E-state index contributed by atoms with van der Waals surface area (Å²) < 4.78 is 63.4. The lowest BCUT2D eigenvalue weighted by Crippen LogP contribution is -3.18. The Labute approximate surface area is 388 Å². The quantitative estimate of drug-likeness (QED) is 0.120. The fraction of sp³-hybridized carbons (Fsp3) is 0.468. The third kappa shape index (κ3) is 7.95. The summed E-state index contributed by atoms with van der Waals surface area (Å²) in [7, 11) is -1.53. The molecule has 2 N–H and O–H groups in total. The number of hydrogen-bond acceptors (Lipinski definition) is 12. The number of benzene rings is 4. The SMILES string of the molecule is CN(C)c1cccc2c(S(=O)(=O)N(Cc3cccc(CN(CC4[N+](=O)C(C)(C)C(C)(C)[NH+]4[O-])S(=O)(=O)c4cccc5c(N(C)C)cccc45)n3)CC3N([O-])C(C)(C)C(C)(C)[NH+]3[O-])cccc12. The third-order valence-corrected chi connectivity index (χ3v) is 18.5. The summed E-state index contributed by atoms with van der Waals surface area (Å²) in [6.07, 6.45) is -2.69. The van der Waals surface area contributed by atoms with Gasteiger partial charge < -0.3 is 35.5 Å². The highest BCUT2D eigenvalue weighted by Gasteiger charge is 2.68. The molecule has 4 atom stereocenters. The molecule has 0 aliphatic carbocycles. The van der Waals surface area contributed by atoms with Gasteiger partial charge in [-0.3, -0.25) is 10.0 Å². The van der Waals surface area contributed by atoms with Crippen molar-refractivity contribution in [3.05, 3.63) is 123 Å². The van der Waals surface area contributed by atoms with E-state index < -0.39 is 77.7 Å². The highest BCUT2D eigenvalue weighted by atomic mass is 32.2. The van der Waals surface area contributed by atoms with Crippen molar-refractivity contribution in [1.82, 2.24) is 18.7 Å². The Bertz CT molecular complexity index is 2890. The van der Waals surface area contributed by atoms with Crippen LogP contribution in [0.5, 0.6) is 0 Å². The maximum absolute atomic E-state index is 15.1. The fourth-order valence-electron chi connectivity index (χ4n) is 9.28. The number of aromatic nitrogens is 1. The average Bonchev–Trinajstić information content (AvgIpc) is 3.44. The fourth-order valence-corrected chi connectivity index (χ4v) is 12.5. The van der Waals surface area contributed by atoms with Gasteiger partial charge >= 0.3 is 6.17 Å². The van der Waals surface area contributed by atoms with E-state index in [1.54, 1.807) is 110 Å². The summed E-state index contributed by atoms with van der Waals surface area (Å²) in [6, 6.07) is 25.5. The number of hydroxylamine groups is 6. The molecule has 0 bridgehead atoms. The number of quaternary nitrogens is 2. The predicted molar refractivity (Wildman–Crippen MR) is 257 cm³/mol. The summed E-state index contributed by atoms with van der Waals surface area (Å²) in [6.45, 7) is 11.7. The Balaban J connectivity index is 1.32. The van der Waals surface area contributed by atoms with Gasteiger partial charge in [-0.05, 0) is 77.9 Å². The summed E-state index contributed by atoms with van der Waals surface area (Å²) in [5.41, 5.74) is -2.53. The number of nitrogens with zero attached hydrogens (tertiary/aromatic N) is 7. The standard InChI is InChI=1S/C47H63N9O8S2/c1-44(2)45(3,4)54(58)42(53(44)57)30-51(65(61,62)40-26-16-20-34-36(40)22-14-24-38(34)49(9)10)28-32-18-13-19-33(48-32)29-52(31-43-55(59)46(5,6)47(7,8)56(43)60)66(63,64)41-27-17-21-35-37(41)23-15-25-39(35)50(11)12/h13-27,42-43,53,55H,28-31H2,1-12H3. The van der Waals surface area contributed by atoms with Crippen molar-refractivity contribution in [3.63, 3.8) is 0 Å². The van der Waals surface area contributed by atoms with Crippen molar-refractivity contribution in [2.24, 2.45) is 0 Å². The van der Waals surface area contributed by atoms with Crippen LogP contribution >= 0.6 is 0 Å². The molecule has 1 aromatic heterocycles. The van der Waals surface area contributed by atoms with Crippen molar-refractivity contribution >= 4 is 53.0 Å². The Morgan fingerprint density at radius 1 is 0.606 bits per heavy atom. The molecule has 0 spiro atoms. The molecule has 4 unspecified atom stereocenters. The second-order valence-corrected chi connectivity index (χ2v) is 23.9. The number of hydrogen-bond donors (Lipinski definition) is 2. The molecule has 0 saturated carbocycles. The largest absolute Gasteiger partial charge is 0.780 e. The van der Waals surface area contributed by atoms with Crippen LogP contribution < -0.4 is 19.9 Å². The molecular weight excluding hydrogens is 883 g/mol. The molecule has 17 nitrogen and oxygen atoms in total. The molecule has 2 aliphatic heterocycles. The molecule has 2 aliphatic rings. The monoisotopic (exact) mass is 945 g/mol. The van der Waals surface area contributed by atoms with Gasteiger partial charge in [-0.2, -0.15) is 8.61 Å². The highest BCUT2D eigenvalue weighted by Crippen LogP contribution is 2.37. The summed E-state index contributed by atoms with van der Waals surface area (Å²) in [5.74, 6) is 0. The minimum absolute atomic E-state index is 0.0275. The summed E-state index contributed by atoms with van der Waals surface area (Å²) >= 11 is 0. The van der Waals surface area contributed by atoms with Crippen LogP contribution in [-0.2, 0) is 33.1 Å². The van der Waals surface area contributed by atoms with Crippen molar-refractivity contribution in [2.45, 2.75) is 113 Å². The van der Waals surface area contributed by atoms with E-state index in [9.17, 15) is 20.5 Å². The summed E-state index contributed by atoms with van der Waals surface area (Å²) in [4.78, 5) is 22.5. The minimum atomic E-state index is -4.48. The molecule has 7 rings (SSSR count). The number of sulfonamides is 2. The van der Waals surface area contributed by atoms with E-state index in [1.807, 2.05) is 62.3 Å². The van der Waals surface area contributed by atoms with Gasteiger partial charge in [0.1, 0.15) is 18.2 Å². The Kier molecular flexibility index (Phi) is 12.8. The topological polar surface area (TPSA) is 196 Å². The number of nitroso groups, excluding NO2 is 1. The van der Waals surface area contributed by atoms with Gasteiger partial charge in [-0.15, -0.1) is 0 Å². The van der Waals surface area contributed by atoms with E-state index in [2.05, 4.69) is 0 Å². The number of fused-ring (bicyclic) bond motifs is 2. The second-order valence-electron chi connectivity index (χ2n) is 20.0. The molecule has 2 fully saturated rings. The minimum Gasteiger partial charge on any atom is -0.780 e. The van der Waals surface area contributed by atoms with Gasteiger partial charge in [0.25, 0.3) is 5.54 Å². The number of pyridine rings is 1. The van der Waals surface area contributed by atoms with Crippen LogP contribution in [0.25, 0.3) is 21.5 Å². The van der Waals surface area contributed by atoms with E-state index in [-0.39, 0.29) is 34.3 Å². The van der Waals surface area contributed by atoms with Crippen LogP contribution in [0, 0.1) is 20.5 Å². The van der Waals surface area contributed by atoms with Crippen LogP contribution in [0.3, 0.4) is 0 Å². The van der Waals surface area contributed by atoms with Crippen molar-refractivity contribution in [3.8, 4) is 0 Å². The average molecular weight is 946 g/mol. The van der Waals surface area contributed by atoms with Gasteiger partial charge in [0.05, 0.1) is 51.1 Å². The van der Waals surface area contributed by atoms with Gasteiger partial charge in [0.15, 0.2) is 5.54 Å². The van der Waals surface area contributed by atoms with Crippen LogP contribution in [0.15, 0.2) is 101 Å². The number of anilines is 2. The molecule has 0 radical (unpaired) electrons. The van der Waals surface area contributed by atoms with Crippen molar-refractivity contribution in [1.29, 1.82) is 0 Å². The van der Waals surface area contributed by atoms with E-state index in [1.165, 1.54) is 12.1 Å². The molecular formula is C47H63N9O8S2. The van der Waals surface area contributed by atoms with Gasteiger partial charge in [-0.1, -0.05) is 54.6 Å². The molecule has 4 aromatic carbocycles. The van der Waals surface area contributed by atoms with Crippen LogP contribution in [0.2, 0.25) is 0 Å². The first kappa shape index (κ1) is 49.2. The smallest absolute Gasteiger partial charge is 0.339 e. The van der Waals surface area contributed by atoms with Crippen LogP contribution in [0.1, 0.15) is 66.8 Å². The molecule has 19 heteroatoms. The lowest BCUT2D eigenvalue weighted by Gasteiger charge is -2.42. The Morgan fingerprint density at radius 2 is 1.02 bits per heavy atom. The van der Waals surface area contributed by atoms with Crippen LogP contribution in [0.4, 0.5) is 11.4 Å².